The van der Waals surface area contributed by atoms with Crippen LogP contribution in [0.2, 0.25) is 0 Å². The van der Waals surface area contributed by atoms with Crippen LogP contribution in [0.25, 0.3) is 0 Å². The Balaban J connectivity index is 2.51. The van der Waals surface area contributed by atoms with Gasteiger partial charge in [-0.3, -0.25) is 0 Å². The molecule has 1 heterocycles. The van der Waals surface area contributed by atoms with Gasteiger partial charge in [-0.1, -0.05) is 37.1 Å². The maximum absolute atomic E-state index is 10.8. The van der Waals surface area contributed by atoms with E-state index in [0.29, 0.717) is 17.0 Å². The van der Waals surface area contributed by atoms with Crippen molar-refractivity contribution in [3.05, 3.63) is 22.9 Å². The van der Waals surface area contributed by atoms with Gasteiger partial charge in [0.05, 0.1) is 13.2 Å². The lowest BCUT2D eigenvalue weighted by molar-refractivity contribution is -0.114. The summed E-state index contributed by atoms with van der Waals surface area (Å²) < 4.78 is 5.31. The molecule has 1 saturated heterocycles. The Hall–Kier alpha value is -0.840. The van der Waals surface area contributed by atoms with Crippen LogP contribution in [0.3, 0.4) is 0 Å². The molecule has 1 rings (SSSR count). The van der Waals surface area contributed by atoms with E-state index in [1.807, 2.05) is 6.08 Å². The van der Waals surface area contributed by atoms with Crippen LogP contribution in [0, 0.1) is 5.41 Å². The number of ether oxygens (including phenoxy) is 1. The minimum atomic E-state index is 0.292. The van der Waals surface area contributed by atoms with Gasteiger partial charge in [-0.05, 0) is 19.0 Å². The number of aldehydes is 1. The van der Waals surface area contributed by atoms with Crippen molar-refractivity contribution in [3.8, 4) is 0 Å². The second-order valence-electron chi connectivity index (χ2n) is 5.88. The summed E-state index contributed by atoms with van der Waals surface area (Å²) in [5.41, 5.74) is 1.40. The number of hydrogen-bond acceptors (Lipinski definition) is 4. The normalized spacial score (nSPS) is 18.5. The van der Waals surface area contributed by atoms with Crippen molar-refractivity contribution in [1.82, 2.24) is 10.2 Å². The molecule has 0 atom stereocenters. The Morgan fingerprint density at radius 2 is 2.14 bits per heavy atom. The van der Waals surface area contributed by atoms with E-state index in [2.05, 4.69) is 24.1 Å². The SMILES string of the molecule is CCN(CC/C(=C\C=C(\Cl)NC)CC=O)CC1(C)COC1. The molecule has 0 radical (unpaired) electrons. The summed E-state index contributed by atoms with van der Waals surface area (Å²) in [6, 6.07) is 0. The van der Waals surface area contributed by atoms with Crippen molar-refractivity contribution in [2.45, 2.75) is 26.7 Å². The number of carbonyl (C=O) groups is 1. The van der Waals surface area contributed by atoms with Gasteiger partial charge in [0.25, 0.3) is 0 Å². The van der Waals surface area contributed by atoms with Crippen LogP contribution in [0.5, 0.6) is 0 Å². The van der Waals surface area contributed by atoms with Crippen LogP contribution in [0.15, 0.2) is 22.9 Å². The number of halogens is 1. The first kappa shape index (κ1) is 18.2. The molecule has 5 heteroatoms. The highest BCUT2D eigenvalue weighted by atomic mass is 35.5. The van der Waals surface area contributed by atoms with Crippen LogP contribution in [0.1, 0.15) is 26.7 Å². The molecule has 0 aromatic carbocycles. The third kappa shape index (κ3) is 6.64. The topological polar surface area (TPSA) is 41.6 Å². The fourth-order valence-electron chi connectivity index (χ4n) is 2.37. The maximum Gasteiger partial charge on any atom is 0.124 e. The van der Waals surface area contributed by atoms with Gasteiger partial charge >= 0.3 is 0 Å². The lowest BCUT2D eigenvalue weighted by atomic mass is 9.88. The van der Waals surface area contributed by atoms with Crippen molar-refractivity contribution in [2.24, 2.45) is 5.41 Å². The predicted molar refractivity (Wildman–Crippen MR) is 87.4 cm³/mol. The first-order valence-corrected chi connectivity index (χ1v) is 7.87. The minimum absolute atomic E-state index is 0.292. The number of carbonyl (C=O) groups excluding carboxylic acids is 1. The largest absolute Gasteiger partial charge is 0.380 e. The Morgan fingerprint density at radius 1 is 1.43 bits per heavy atom. The summed E-state index contributed by atoms with van der Waals surface area (Å²) in [7, 11) is 1.77. The van der Waals surface area contributed by atoms with Crippen molar-refractivity contribution >= 4 is 17.9 Å². The molecule has 0 unspecified atom stereocenters. The van der Waals surface area contributed by atoms with Gasteiger partial charge in [0.15, 0.2) is 0 Å². The Labute approximate surface area is 133 Å². The molecule has 1 fully saturated rings. The van der Waals surface area contributed by atoms with Gasteiger partial charge in [-0.15, -0.1) is 0 Å². The molecule has 0 saturated carbocycles. The summed E-state index contributed by atoms with van der Waals surface area (Å²) >= 11 is 5.91. The highest BCUT2D eigenvalue weighted by Crippen LogP contribution is 2.27. The van der Waals surface area contributed by atoms with Crippen molar-refractivity contribution in [1.29, 1.82) is 0 Å². The van der Waals surface area contributed by atoms with Gasteiger partial charge in [0.1, 0.15) is 11.4 Å². The molecule has 0 amide bonds. The summed E-state index contributed by atoms with van der Waals surface area (Å²) in [6.45, 7) is 9.14. The van der Waals surface area contributed by atoms with Gasteiger partial charge in [0.2, 0.25) is 0 Å². The average Bonchev–Trinajstić information content (AvgIpc) is 2.46. The van der Waals surface area contributed by atoms with Gasteiger partial charge in [-0.2, -0.15) is 0 Å². The number of allylic oxidation sites excluding steroid dienone is 2. The van der Waals surface area contributed by atoms with Crippen molar-refractivity contribution in [2.75, 3.05) is 39.9 Å². The van der Waals surface area contributed by atoms with E-state index >= 15 is 0 Å². The molecular weight excluding hydrogens is 288 g/mol. The van der Waals surface area contributed by atoms with Gasteiger partial charge in [-0.25, -0.2) is 0 Å². The van der Waals surface area contributed by atoms with Crippen LogP contribution in [-0.4, -0.2) is 51.1 Å². The third-order valence-corrected chi connectivity index (χ3v) is 4.07. The fraction of sp³-hybridized carbons (Fsp3) is 0.688. The summed E-state index contributed by atoms with van der Waals surface area (Å²) in [6.07, 6.45) is 6.04. The molecule has 1 aliphatic heterocycles. The molecule has 21 heavy (non-hydrogen) atoms. The first-order valence-electron chi connectivity index (χ1n) is 7.49. The van der Waals surface area contributed by atoms with Crippen molar-refractivity contribution < 1.29 is 9.53 Å². The zero-order valence-electron chi connectivity index (χ0n) is 13.3. The van der Waals surface area contributed by atoms with Crippen LogP contribution < -0.4 is 5.32 Å². The molecule has 0 bridgehead atoms. The van der Waals surface area contributed by atoms with Crippen LogP contribution >= 0.6 is 11.6 Å². The number of nitrogens with one attached hydrogen (secondary N) is 1. The highest BCUT2D eigenvalue weighted by Gasteiger charge is 2.34. The quantitative estimate of drug-likeness (QED) is 0.382. The number of hydrogen-bond donors (Lipinski definition) is 1. The molecule has 1 N–H and O–H groups in total. The van der Waals surface area contributed by atoms with E-state index in [1.54, 1.807) is 13.1 Å². The van der Waals surface area contributed by atoms with Crippen molar-refractivity contribution in [3.63, 3.8) is 0 Å². The summed E-state index contributed by atoms with van der Waals surface area (Å²) in [5, 5.41) is 3.43. The third-order valence-electron chi connectivity index (χ3n) is 3.75. The Kier molecular flexibility index (Phi) is 8.01. The molecule has 0 aromatic heterocycles. The summed E-state index contributed by atoms with van der Waals surface area (Å²) in [4.78, 5) is 13.2. The fourth-order valence-corrected chi connectivity index (χ4v) is 2.43. The van der Waals surface area contributed by atoms with E-state index in [0.717, 1.165) is 51.1 Å². The molecular formula is C16H27ClN2O2. The summed E-state index contributed by atoms with van der Waals surface area (Å²) in [5.74, 6) is 0. The molecule has 4 nitrogen and oxygen atoms in total. The standard InChI is InChI=1S/C16H27ClN2O2/c1-4-19(11-16(2)12-21-13-16)9-7-14(8-10-20)5-6-15(17)18-3/h5-6,10,18H,4,7-9,11-13H2,1-3H3/b14-5+,15-6-. The molecule has 0 aliphatic carbocycles. The molecule has 0 spiro atoms. The highest BCUT2D eigenvalue weighted by molar-refractivity contribution is 6.29. The smallest absolute Gasteiger partial charge is 0.124 e. The maximum atomic E-state index is 10.8. The Morgan fingerprint density at radius 3 is 2.62 bits per heavy atom. The lowest BCUT2D eigenvalue weighted by Crippen LogP contribution is -2.48. The van der Waals surface area contributed by atoms with Crippen LogP contribution in [-0.2, 0) is 9.53 Å². The number of rotatable bonds is 10. The Bertz CT molecular complexity index is 390. The van der Waals surface area contributed by atoms with Gasteiger partial charge in [0, 0.05) is 32.0 Å². The first-order chi connectivity index (χ1) is 10.0. The second-order valence-corrected chi connectivity index (χ2v) is 6.29. The monoisotopic (exact) mass is 314 g/mol. The van der Waals surface area contributed by atoms with E-state index in [9.17, 15) is 4.79 Å². The zero-order chi connectivity index (χ0) is 15.7. The van der Waals surface area contributed by atoms with Crippen LogP contribution in [0.4, 0.5) is 0 Å². The average molecular weight is 315 g/mol. The number of nitrogens with zero attached hydrogens (tertiary/aromatic N) is 1. The minimum Gasteiger partial charge on any atom is -0.380 e. The molecule has 1 aliphatic rings. The molecule has 120 valence electrons. The molecule has 0 aromatic rings. The van der Waals surface area contributed by atoms with E-state index < -0.39 is 0 Å². The van der Waals surface area contributed by atoms with E-state index in [-0.39, 0.29) is 0 Å². The van der Waals surface area contributed by atoms with Gasteiger partial charge < -0.3 is 19.7 Å². The zero-order valence-corrected chi connectivity index (χ0v) is 14.1. The van der Waals surface area contributed by atoms with E-state index in [1.165, 1.54) is 0 Å². The lowest BCUT2D eigenvalue weighted by Gasteiger charge is -2.41. The second kappa shape index (κ2) is 9.23. The van der Waals surface area contributed by atoms with E-state index in [4.69, 9.17) is 16.3 Å². The predicted octanol–water partition coefficient (Wildman–Crippen LogP) is 2.55.